The molecule has 36 heavy (non-hydrogen) atoms. The van der Waals surface area contributed by atoms with Gasteiger partial charge in [0.2, 0.25) is 0 Å². The van der Waals surface area contributed by atoms with Gasteiger partial charge in [-0.1, -0.05) is 66.2 Å². The van der Waals surface area contributed by atoms with E-state index in [0.717, 1.165) is 73.9 Å². The Hall–Kier alpha value is -3.06. The van der Waals surface area contributed by atoms with E-state index in [-0.39, 0.29) is 6.10 Å². The molecule has 190 valence electrons. The van der Waals surface area contributed by atoms with Crippen molar-refractivity contribution < 1.29 is 9.84 Å². The number of aliphatic hydroxyl groups is 1. The number of benzene rings is 2. The average Bonchev–Trinajstić information content (AvgIpc) is 2.90. The van der Waals surface area contributed by atoms with E-state index in [1.165, 1.54) is 11.1 Å². The maximum atomic E-state index is 10.4. The molecule has 4 rings (SSSR count). The van der Waals surface area contributed by atoms with Crippen LogP contribution in [0.4, 0.5) is 5.82 Å². The third-order valence-corrected chi connectivity index (χ3v) is 6.73. The van der Waals surface area contributed by atoms with Crippen LogP contribution in [0.3, 0.4) is 0 Å². The molecule has 1 saturated heterocycles. The monoisotopic (exact) mass is 486 g/mol. The summed E-state index contributed by atoms with van der Waals surface area (Å²) in [4.78, 5) is 14.8. The van der Waals surface area contributed by atoms with Crippen molar-refractivity contribution in [3.63, 3.8) is 0 Å². The largest absolute Gasteiger partial charge is 0.392 e. The Morgan fingerprint density at radius 1 is 1.03 bits per heavy atom. The fraction of sp³-hybridized carbons (Fsp3) is 0.400. The Labute approximate surface area is 215 Å². The quantitative estimate of drug-likeness (QED) is 0.399. The van der Waals surface area contributed by atoms with Crippen molar-refractivity contribution in [3.05, 3.63) is 89.6 Å². The van der Waals surface area contributed by atoms with Gasteiger partial charge >= 0.3 is 0 Å². The molecule has 2 aromatic carbocycles. The van der Waals surface area contributed by atoms with E-state index in [1.807, 2.05) is 24.3 Å². The number of aromatic nitrogens is 2. The van der Waals surface area contributed by atoms with Crippen LogP contribution >= 0.6 is 0 Å². The molecular weight excluding hydrogens is 448 g/mol. The van der Waals surface area contributed by atoms with E-state index < -0.39 is 0 Å². The highest BCUT2D eigenvalue weighted by Crippen LogP contribution is 2.29. The van der Waals surface area contributed by atoms with Gasteiger partial charge in [0.15, 0.2) is 5.82 Å². The van der Waals surface area contributed by atoms with Crippen LogP contribution in [0, 0.1) is 6.92 Å². The van der Waals surface area contributed by atoms with Crippen LogP contribution in [-0.2, 0) is 17.8 Å². The van der Waals surface area contributed by atoms with Crippen LogP contribution in [0.1, 0.15) is 35.2 Å². The number of rotatable bonds is 11. The summed E-state index contributed by atoms with van der Waals surface area (Å²) in [6.07, 6.45) is 3.91. The van der Waals surface area contributed by atoms with Crippen molar-refractivity contribution in [3.8, 4) is 11.4 Å². The zero-order valence-corrected chi connectivity index (χ0v) is 21.6. The van der Waals surface area contributed by atoms with Crippen molar-refractivity contribution >= 4 is 5.82 Å². The molecule has 1 atom stereocenters. The second-order valence-corrected chi connectivity index (χ2v) is 9.56. The van der Waals surface area contributed by atoms with Crippen LogP contribution in [0.15, 0.2) is 67.3 Å². The molecule has 0 bridgehead atoms. The number of ether oxygens (including phenoxy) is 1. The second kappa shape index (κ2) is 12.8. The fourth-order valence-corrected chi connectivity index (χ4v) is 4.68. The summed E-state index contributed by atoms with van der Waals surface area (Å²) < 4.78 is 5.60. The van der Waals surface area contributed by atoms with E-state index in [1.54, 1.807) is 7.11 Å². The minimum Gasteiger partial charge on any atom is -0.392 e. The van der Waals surface area contributed by atoms with E-state index in [0.29, 0.717) is 13.2 Å². The fourth-order valence-electron chi connectivity index (χ4n) is 4.68. The van der Waals surface area contributed by atoms with Gasteiger partial charge in [-0.25, -0.2) is 9.97 Å². The van der Waals surface area contributed by atoms with Gasteiger partial charge in [0.1, 0.15) is 5.82 Å². The number of anilines is 1. The molecule has 0 aliphatic carbocycles. The molecule has 3 aromatic rings. The number of β-amino-alcohol motifs (C(OH)–C–C–N with tert-alkyl or cyclic N) is 1. The number of allylic oxidation sites excluding steroid dienone is 1. The first-order chi connectivity index (χ1) is 17.6. The summed E-state index contributed by atoms with van der Waals surface area (Å²) in [7, 11) is 1.72. The number of nitrogens with zero attached hydrogens (tertiary/aromatic N) is 4. The van der Waals surface area contributed by atoms with E-state index in [4.69, 9.17) is 14.7 Å². The van der Waals surface area contributed by atoms with E-state index >= 15 is 0 Å². The molecule has 0 saturated carbocycles. The summed E-state index contributed by atoms with van der Waals surface area (Å²) >= 11 is 0. The SMILES string of the molecule is C=CCC[C@@H](O)CN1CCN(c2nc(-c3ccccc3)nc(COC)c2Cc2ccc(C)cc2)CC1. The van der Waals surface area contributed by atoms with Gasteiger partial charge in [-0.05, 0) is 25.3 Å². The Morgan fingerprint density at radius 2 is 1.75 bits per heavy atom. The second-order valence-electron chi connectivity index (χ2n) is 9.56. The minimum absolute atomic E-state index is 0.316. The lowest BCUT2D eigenvalue weighted by Crippen LogP contribution is -2.49. The zero-order chi connectivity index (χ0) is 25.3. The Balaban J connectivity index is 1.64. The molecule has 1 fully saturated rings. The Morgan fingerprint density at radius 3 is 2.42 bits per heavy atom. The predicted molar refractivity (Wildman–Crippen MR) is 146 cm³/mol. The topological polar surface area (TPSA) is 61.7 Å². The molecule has 2 heterocycles. The first kappa shape index (κ1) is 26.0. The Bertz CT molecular complexity index is 1110. The Kier molecular flexibility index (Phi) is 9.23. The van der Waals surface area contributed by atoms with Gasteiger partial charge in [-0.3, -0.25) is 4.90 Å². The molecule has 0 amide bonds. The highest BCUT2D eigenvalue weighted by atomic mass is 16.5. The van der Waals surface area contributed by atoms with Crippen LogP contribution in [0.25, 0.3) is 11.4 Å². The molecular formula is C30H38N4O2. The summed E-state index contributed by atoms with van der Waals surface area (Å²) in [5.74, 6) is 1.72. The molecule has 0 spiro atoms. The van der Waals surface area contributed by atoms with Gasteiger partial charge in [0, 0.05) is 57.4 Å². The van der Waals surface area contributed by atoms with Crippen LogP contribution < -0.4 is 4.90 Å². The van der Waals surface area contributed by atoms with Crippen LogP contribution in [0.5, 0.6) is 0 Å². The van der Waals surface area contributed by atoms with E-state index in [9.17, 15) is 5.11 Å². The number of aliphatic hydroxyl groups excluding tert-OH is 1. The smallest absolute Gasteiger partial charge is 0.161 e. The van der Waals surface area contributed by atoms with Crippen molar-refractivity contribution in [2.24, 2.45) is 0 Å². The van der Waals surface area contributed by atoms with Crippen molar-refractivity contribution in [2.45, 2.75) is 38.9 Å². The highest BCUT2D eigenvalue weighted by Gasteiger charge is 2.25. The maximum Gasteiger partial charge on any atom is 0.161 e. The molecule has 1 aliphatic rings. The minimum atomic E-state index is -0.316. The molecule has 0 unspecified atom stereocenters. The van der Waals surface area contributed by atoms with Gasteiger partial charge in [-0.15, -0.1) is 6.58 Å². The van der Waals surface area contributed by atoms with E-state index in [2.05, 4.69) is 59.7 Å². The average molecular weight is 487 g/mol. The summed E-state index contributed by atoms with van der Waals surface area (Å²) in [5, 5.41) is 10.4. The summed E-state index contributed by atoms with van der Waals surface area (Å²) in [5.41, 5.74) is 5.54. The van der Waals surface area contributed by atoms with Crippen LogP contribution in [-0.4, -0.2) is 65.9 Å². The predicted octanol–water partition coefficient (Wildman–Crippen LogP) is 4.64. The third kappa shape index (κ3) is 6.78. The van der Waals surface area contributed by atoms with Crippen molar-refractivity contribution in [1.82, 2.24) is 14.9 Å². The maximum absolute atomic E-state index is 10.4. The lowest BCUT2D eigenvalue weighted by molar-refractivity contribution is 0.103. The lowest BCUT2D eigenvalue weighted by Gasteiger charge is -2.37. The summed E-state index contributed by atoms with van der Waals surface area (Å²) in [6.45, 7) is 10.5. The van der Waals surface area contributed by atoms with Gasteiger partial charge in [0.05, 0.1) is 18.4 Å². The number of aryl methyl sites for hydroxylation is 1. The number of piperazine rings is 1. The molecule has 1 aromatic heterocycles. The zero-order valence-electron chi connectivity index (χ0n) is 21.6. The van der Waals surface area contributed by atoms with Gasteiger partial charge < -0.3 is 14.7 Å². The number of hydrogen-bond acceptors (Lipinski definition) is 6. The molecule has 0 radical (unpaired) electrons. The molecule has 1 N–H and O–H groups in total. The summed E-state index contributed by atoms with van der Waals surface area (Å²) in [6, 6.07) is 18.8. The molecule has 6 heteroatoms. The highest BCUT2D eigenvalue weighted by molar-refractivity contribution is 5.61. The van der Waals surface area contributed by atoms with Crippen molar-refractivity contribution in [2.75, 3.05) is 44.7 Å². The first-order valence-electron chi connectivity index (χ1n) is 12.8. The molecule has 6 nitrogen and oxygen atoms in total. The third-order valence-electron chi connectivity index (χ3n) is 6.73. The lowest BCUT2D eigenvalue weighted by atomic mass is 10.0. The number of hydrogen-bond donors (Lipinski definition) is 1. The normalized spacial score (nSPS) is 15.1. The number of methoxy groups -OCH3 is 1. The van der Waals surface area contributed by atoms with Crippen molar-refractivity contribution in [1.29, 1.82) is 0 Å². The standard InChI is InChI=1S/C30H38N4O2/c1-4-5-11-26(35)21-33-16-18-34(19-17-33)30-27(20-24-14-12-23(2)13-15-24)28(22-36-3)31-29(32-30)25-9-7-6-8-10-25/h4,6-10,12-15,26,35H,1,5,11,16-22H2,2-3H3/t26-/m1/s1. The molecule has 1 aliphatic heterocycles. The van der Waals surface area contributed by atoms with Gasteiger partial charge in [-0.2, -0.15) is 0 Å². The van der Waals surface area contributed by atoms with Crippen LogP contribution in [0.2, 0.25) is 0 Å². The first-order valence-corrected chi connectivity index (χ1v) is 12.8. The van der Waals surface area contributed by atoms with Gasteiger partial charge in [0.25, 0.3) is 0 Å².